The Labute approximate surface area is 103 Å². The van der Waals surface area contributed by atoms with E-state index in [0.29, 0.717) is 6.61 Å². The summed E-state index contributed by atoms with van der Waals surface area (Å²) in [6, 6.07) is 8.01. The van der Waals surface area contributed by atoms with Crippen molar-refractivity contribution in [1.29, 1.82) is 0 Å². The fourth-order valence-corrected chi connectivity index (χ4v) is 2.22. The van der Waals surface area contributed by atoms with E-state index in [9.17, 15) is 0 Å². The number of ether oxygens (including phenoxy) is 1. The van der Waals surface area contributed by atoms with Crippen molar-refractivity contribution in [3.63, 3.8) is 0 Å². The second-order valence-electron chi connectivity index (χ2n) is 3.46. The van der Waals surface area contributed by atoms with Gasteiger partial charge in [0.15, 0.2) is 0 Å². The van der Waals surface area contributed by atoms with E-state index >= 15 is 0 Å². The molecule has 0 N–H and O–H groups in total. The summed E-state index contributed by atoms with van der Waals surface area (Å²) in [6.07, 6.45) is 1.78. The average Bonchev–Trinajstić information content (AvgIpc) is 2.59. The van der Waals surface area contributed by atoms with Crippen LogP contribution >= 0.6 is 15.9 Å². The number of benzene rings is 1. The minimum atomic E-state index is 0.677. The lowest BCUT2D eigenvalue weighted by Crippen LogP contribution is -1.93. The number of hydrogen-bond donors (Lipinski definition) is 0. The maximum absolute atomic E-state index is 5.48. The minimum absolute atomic E-state index is 0.677. The Bertz CT molecular complexity index is 474. The van der Waals surface area contributed by atoms with Crippen LogP contribution in [-0.2, 0) is 7.05 Å². The molecule has 0 saturated heterocycles. The number of halogens is 1. The monoisotopic (exact) mass is 280 g/mol. The molecule has 16 heavy (non-hydrogen) atoms. The predicted octanol–water partition coefficient (Wildman–Crippen LogP) is 3.25. The maximum atomic E-state index is 5.48. The van der Waals surface area contributed by atoms with Gasteiger partial charge in [-0.3, -0.25) is 0 Å². The van der Waals surface area contributed by atoms with E-state index in [4.69, 9.17) is 4.74 Å². The smallest absolute Gasteiger partial charge is 0.132 e. The van der Waals surface area contributed by atoms with Gasteiger partial charge in [0.2, 0.25) is 0 Å². The largest absolute Gasteiger partial charge is 0.494 e. The number of rotatable bonds is 3. The van der Waals surface area contributed by atoms with Crippen molar-refractivity contribution in [2.45, 2.75) is 6.92 Å². The molecule has 0 spiro atoms. The van der Waals surface area contributed by atoms with Crippen LogP contribution in [0.2, 0.25) is 0 Å². The van der Waals surface area contributed by atoms with Crippen molar-refractivity contribution in [2.24, 2.45) is 7.05 Å². The SMILES string of the molecule is CCOc1cccc(-c2c(Br)ncn2C)c1. The van der Waals surface area contributed by atoms with Crippen molar-refractivity contribution >= 4 is 15.9 Å². The van der Waals surface area contributed by atoms with E-state index < -0.39 is 0 Å². The van der Waals surface area contributed by atoms with E-state index in [1.54, 1.807) is 6.33 Å². The van der Waals surface area contributed by atoms with E-state index in [2.05, 4.69) is 20.9 Å². The van der Waals surface area contributed by atoms with Crippen molar-refractivity contribution < 1.29 is 4.74 Å². The third-order valence-electron chi connectivity index (χ3n) is 2.31. The molecule has 0 aliphatic rings. The molecule has 0 radical (unpaired) electrons. The van der Waals surface area contributed by atoms with E-state index in [-0.39, 0.29) is 0 Å². The highest BCUT2D eigenvalue weighted by atomic mass is 79.9. The summed E-state index contributed by atoms with van der Waals surface area (Å²) in [5.74, 6) is 0.883. The number of hydrogen-bond acceptors (Lipinski definition) is 2. The van der Waals surface area contributed by atoms with Crippen molar-refractivity contribution in [1.82, 2.24) is 9.55 Å². The number of aromatic nitrogens is 2. The molecule has 1 aromatic heterocycles. The first-order valence-corrected chi connectivity index (χ1v) is 5.91. The Balaban J connectivity index is 2.44. The predicted molar refractivity (Wildman–Crippen MR) is 67.5 cm³/mol. The molecule has 1 heterocycles. The van der Waals surface area contributed by atoms with Crippen LogP contribution in [0, 0.1) is 0 Å². The molecular weight excluding hydrogens is 268 g/mol. The summed E-state index contributed by atoms with van der Waals surface area (Å²) in [6.45, 7) is 2.66. The first-order chi connectivity index (χ1) is 7.72. The van der Waals surface area contributed by atoms with Gasteiger partial charge in [0.1, 0.15) is 10.4 Å². The number of aryl methyl sites for hydroxylation is 1. The molecule has 2 aromatic rings. The lowest BCUT2D eigenvalue weighted by molar-refractivity contribution is 0.340. The van der Waals surface area contributed by atoms with E-state index in [0.717, 1.165) is 21.6 Å². The van der Waals surface area contributed by atoms with Crippen LogP contribution in [-0.4, -0.2) is 16.2 Å². The highest BCUT2D eigenvalue weighted by Gasteiger charge is 2.09. The zero-order valence-corrected chi connectivity index (χ0v) is 10.9. The van der Waals surface area contributed by atoms with Gasteiger partial charge >= 0.3 is 0 Å². The molecule has 0 bridgehead atoms. The standard InChI is InChI=1S/C12H13BrN2O/c1-3-16-10-6-4-5-9(7-10)11-12(13)14-8-15(11)2/h4-8H,3H2,1-2H3. The summed E-state index contributed by atoms with van der Waals surface area (Å²) >= 11 is 3.44. The number of nitrogens with zero attached hydrogens (tertiary/aromatic N) is 2. The van der Waals surface area contributed by atoms with Crippen LogP contribution in [0.4, 0.5) is 0 Å². The van der Waals surface area contributed by atoms with Crippen LogP contribution in [0.5, 0.6) is 5.75 Å². The summed E-state index contributed by atoms with van der Waals surface area (Å²) in [7, 11) is 1.97. The molecule has 0 fully saturated rings. The third-order valence-corrected chi connectivity index (χ3v) is 2.89. The molecule has 0 saturated carbocycles. The van der Waals surface area contributed by atoms with Crippen molar-refractivity contribution in [2.75, 3.05) is 6.61 Å². The minimum Gasteiger partial charge on any atom is -0.494 e. The average molecular weight is 281 g/mol. The summed E-state index contributed by atoms with van der Waals surface area (Å²) in [5, 5.41) is 0. The Morgan fingerprint density at radius 2 is 2.25 bits per heavy atom. The third kappa shape index (κ3) is 2.11. The van der Waals surface area contributed by atoms with Crippen molar-refractivity contribution in [3.05, 3.63) is 35.2 Å². The van der Waals surface area contributed by atoms with Gasteiger partial charge in [-0.25, -0.2) is 4.98 Å². The van der Waals surface area contributed by atoms with Gasteiger partial charge in [0.05, 0.1) is 18.6 Å². The highest BCUT2D eigenvalue weighted by Crippen LogP contribution is 2.28. The molecule has 2 rings (SSSR count). The normalized spacial score (nSPS) is 10.4. The Kier molecular flexibility index (Phi) is 3.29. The lowest BCUT2D eigenvalue weighted by atomic mass is 10.1. The van der Waals surface area contributed by atoms with Crippen molar-refractivity contribution in [3.8, 4) is 17.0 Å². The molecule has 0 aliphatic carbocycles. The van der Waals surface area contributed by atoms with E-state index in [1.165, 1.54) is 0 Å². The van der Waals surface area contributed by atoms with Gasteiger partial charge in [-0.05, 0) is 35.0 Å². The number of imidazole rings is 1. The molecule has 0 unspecified atom stereocenters. The van der Waals surface area contributed by atoms with Gasteiger partial charge in [-0.1, -0.05) is 12.1 Å². The zero-order chi connectivity index (χ0) is 11.5. The first-order valence-electron chi connectivity index (χ1n) is 5.12. The zero-order valence-electron chi connectivity index (χ0n) is 9.27. The Hall–Kier alpha value is -1.29. The van der Waals surface area contributed by atoms with Gasteiger partial charge in [-0.15, -0.1) is 0 Å². The molecule has 4 heteroatoms. The molecular formula is C12H13BrN2O. The Morgan fingerprint density at radius 3 is 2.88 bits per heavy atom. The fourth-order valence-electron chi connectivity index (χ4n) is 1.62. The molecule has 0 aliphatic heterocycles. The Morgan fingerprint density at radius 1 is 1.44 bits per heavy atom. The highest BCUT2D eigenvalue weighted by molar-refractivity contribution is 9.10. The molecule has 84 valence electrons. The summed E-state index contributed by atoms with van der Waals surface area (Å²) in [5.41, 5.74) is 2.15. The van der Waals surface area contributed by atoms with Gasteiger partial charge < -0.3 is 9.30 Å². The van der Waals surface area contributed by atoms with Crippen LogP contribution in [0.3, 0.4) is 0 Å². The molecule has 0 atom stereocenters. The van der Waals surface area contributed by atoms with Crippen LogP contribution in [0.25, 0.3) is 11.3 Å². The van der Waals surface area contributed by atoms with Crippen LogP contribution < -0.4 is 4.74 Å². The van der Waals surface area contributed by atoms with Gasteiger partial charge in [0.25, 0.3) is 0 Å². The van der Waals surface area contributed by atoms with Gasteiger partial charge in [0, 0.05) is 12.6 Å². The quantitative estimate of drug-likeness (QED) is 0.863. The summed E-state index contributed by atoms with van der Waals surface area (Å²) in [4.78, 5) is 4.21. The second-order valence-corrected chi connectivity index (χ2v) is 4.21. The fraction of sp³-hybridized carbons (Fsp3) is 0.250. The van der Waals surface area contributed by atoms with Crippen LogP contribution in [0.1, 0.15) is 6.92 Å². The summed E-state index contributed by atoms with van der Waals surface area (Å²) < 4.78 is 8.31. The maximum Gasteiger partial charge on any atom is 0.132 e. The van der Waals surface area contributed by atoms with Crippen LogP contribution in [0.15, 0.2) is 35.2 Å². The topological polar surface area (TPSA) is 27.1 Å². The molecule has 3 nitrogen and oxygen atoms in total. The second kappa shape index (κ2) is 4.70. The molecule has 0 amide bonds. The molecule has 1 aromatic carbocycles. The first kappa shape index (κ1) is 11.2. The lowest BCUT2D eigenvalue weighted by Gasteiger charge is -2.07. The van der Waals surface area contributed by atoms with Gasteiger partial charge in [-0.2, -0.15) is 0 Å². The van der Waals surface area contributed by atoms with E-state index in [1.807, 2.05) is 42.8 Å².